The van der Waals surface area contributed by atoms with Crippen molar-refractivity contribution in [3.63, 3.8) is 0 Å². The van der Waals surface area contributed by atoms with E-state index in [0.29, 0.717) is 0 Å². The summed E-state index contributed by atoms with van der Waals surface area (Å²) >= 11 is 0. The average molecular weight is 272 g/mol. The number of rotatable bonds is 2. The topological polar surface area (TPSA) is 32.3 Å². The van der Waals surface area contributed by atoms with Crippen LogP contribution in [0.15, 0.2) is 24.3 Å². The van der Waals surface area contributed by atoms with Crippen LogP contribution in [-0.2, 0) is 6.42 Å². The average Bonchev–Trinajstić information content (AvgIpc) is 2.92. The second-order valence-electron chi connectivity index (χ2n) is 6.00. The van der Waals surface area contributed by atoms with Gasteiger partial charge in [-0.25, -0.2) is 4.79 Å². The number of nitrogens with zero attached hydrogens (tertiary/aromatic N) is 1. The molecule has 1 heterocycles. The standard InChI is InChI=1S/C17H24N2O/c1-2-18-17(20)19-11-9-14(10-12-19)16-8-7-13-5-3-4-6-15(13)16/h3-6,14,16H,2,7-12H2,1H3,(H,18,20). The molecule has 1 atom stereocenters. The van der Waals surface area contributed by atoms with Crippen molar-refractivity contribution in [2.24, 2.45) is 5.92 Å². The molecule has 108 valence electrons. The minimum atomic E-state index is 0.109. The second kappa shape index (κ2) is 5.86. The van der Waals surface area contributed by atoms with Gasteiger partial charge in [-0.05, 0) is 55.6 Å². The van der Waals surface area contributed by atoms with Crippen LogP contribution in [0.4, 0.5) is 4.79 Å². The molecule has 1 aliphatic carbocycles. The highest BCUT2D eigenvalue weighted by Crippen LogP contribution is 2.42. The van der Waals surface area contributed by atoms with Crippen molar-refractivity contribution < 1.29 is 4.79 Å². The number of aryl methyl sites for hydroxylation is 1. The second-order valence-corrected chi connectivity index (χ2v) is 6.00. The third kappa shape index (κ3) is 2.54. The summed E-state index contributed by atoms with van der Waals surface area (Å²) in [7, 11) is 0. The Balaban J connectivity index is 1.61. The van der Waals surface area contributed by atoms with E-state index in [2.05, 4.69) is 29.6 Å². The van der Waals surface area contributed by atoms with E-state index in [1.807, 2.05) is 11.8 Å². The largest absolute Gasteiger partial charge is 0.338 e. The lowest BCUT2D eigenvalue weighted by atomic mass is 9.81. The van der Waals surface area contributed by atoms with Gasteiger partial charge in [0.05, 0.1) is 0 Å². The van der Waals surface area contributed by atoms with Crippen LogP contribution < -0.4 is 5.32 Å². The number of fused-ring (bicyclic) bond motifs is 1. The minimum absolute atomic E-state index is 0.109. The zero-order valence-corrected chi connectivity index (χ0v) is 12.3. The molecule has 0 spiro atoms. The van der Waals surface area contributed by atoms with Crippen molar-refractivity contribution in [3.05, 3.63) is 35.4 Å². The van der Waals surface area contributed by atoms with Gasteiger partial charge in [-0.2, -0.15) is 0 Å². The first-order chi connectivity index (χ1) is 9.79. The molecular weight excluding hydrogens is 248 g/mol. The van der Waals surface area contributed by atoms with E-state index in [0.717, 1.165) is 44.3 Å². The molecule has 0 bridgehead atoms. The first-order valence-electron chi connectivity index (χ1n) is 7.90. The highest BCUT2D eigenvalue weighted by Gasteiger charge is 2.32. The van der Waals surface area contributed by atoms with Crippen LogP contribution in [0, 0.1) is 5.92 Å². The van der Waals surface area contributed by atoms with E-state index in [9.17, 15) is 4.79 Å². The van der Waals surface area contributed by atoms with Gasteiger partial charge >= 0.3 is 6.03 Å². The van der Waals surface area contributed by atoms with Crippen molar-refractivity contribution in [2.45, 2.75) is 38.5 Å². The van der Waals surface area contributed by atoms with Crippen LogP contribution in [0.5, 0.6) is 0 Å². The third-order valence-electron chi connectivity index (χ3n) is 4.90. The van der Waals surface area contributed by atoms with E-state index >= 15 is 0 Å². The monoisotopic (exact) mass is 272 g/mol. The summed E-state index contributed by atoms with van der Waals surface area (Å²) < 4.78 is 0. The van der Waals surface area contributed by atoms with Crippen LogP contribution in [0.2, 0.25) is 0 Å². The van der Waals surface area contributed by atoms with Crippen molar-refractivity contribution in [1.82, 2.24) is 10.2 Å². The van der Waals surface area contributed by atoms with Crippen molar-refractivity contribution >= 4 is 6.03 Å². The van der Waals surface area contributed by atoms with Gasteiger partial charge in [0, 0.05) is 19.6 Å². The number of carbonyl (C=O) groups excluding carboxylic acids is 1. The molecule has 0 aromatic heterocycles. The number of carbonyl (C=O) groups is 1. The highest BCUT2D eigenvalue weighted by atomic mass is 16.2. The Morgan fingerprint density at radius 1 is 1.25 bits per heavy atom. The Bertz CT molecular complexity index is 478. The molecule has 1 fully saturated rings. The zero-order chi connectivity index (χ0) is 13.9. The maximum absolute atomic E-state index is 11.8. The summed E-state index contributed by atoms with van der Waals surface area (Å²) in [4.78, 5) is 13.8. The summed E-state index contributed by atoms with van der Waals surface area (Å²) in [5, 5.41) is 2.90. The Labute approximate surface area is 121 Å². The van der Waals surface area contributed by atoms with Crippen LogP contribution >= 0.6 is 0 Å². The smallest absolute Gasteiger partial charge is 0.317 e. The number of nitrogens with one attached hydrogen (secondary N) is 1. The first-order valence-corrected chi connectivity index (χ1v) is 7.90. The molecule has 2 aliphatic rings. The van der Waals surface area contributed by atoms with Gasteiger partial charge in [-0.1, -0.05) is 24.3 Å². The normalized spacial score (nSPS) is 22.6. The van der Waals surface area contributed by atoms with Gasteiger partial charge in [0.25, 0.3) is 0 Å². The van der Waals surface area contributed by atoms with E-state index in [4.69, 9.17) is 0 Å². The van der Waals surface area contributed by atoms with Crippen LogP contribution in [-0.4, -0.2) is 30.6 Å². The Kier molecular flexibility index (Phi) is 3.95. The Morgan fingerprint density at radius 3 is 2.75 bits per heavy atom. The van der Waals surface area contributed by atoms with Crippen LogP contribution in [0.3, 0.4) is 0 Å². The maximum Gasteiger partial charge on any atom is 0.317 e. The maximum atomic E-state index is 11.8. The number of piperidine rings is 1. The molecule has 20 heavy (non-hydrogen) atoms. The number of benzene rings is 1. The quantitative estimate of drug-likeness (QED) is 0.881. The Morgan fingerprint density at radius 2 is 2.00 bits per heavy atom. The summed E-state index contributed by atoms with van der Waals surface area (Å²) in [5.74, 6) is 1.48. The molecule has 1 saturated heterocycles. The van der Waals surface area contributed by atoms with Crippen molar-refractivity contribution in [3.8, 4) is 0 Å². The highest BCUT2D eigenvalue weighted by molar-refractivity contribution is 5.74. The number of amides is 2. The van der Waals surface area contributed by atoms with Gasteiger partial charge in [0.1, 0.15) is 0 Å². The van der Waals surface area contributed by atoms with Crippen molar-refractivity contribution in [1.29, 1.82) is 0 Å². The Hall–Kier alpha value is -1.51. The summed E-state index contributed by atoms with van der Waals surface area (Å²) in [5.41, 5.74) is 3.12. The van der Waals surface area contributed by atoms with Gasteiger partial charge in [-0.15, -0.1) is 0 Å². The summed E-state index contributed by atoms with van der Waals surface area (Å²) in [6.45, 7) is 4.51. The predicted molar refractivity (Wildman–Crippen MR) is 80.9 cm³/mol. The number of hydrogen-bond acceptors (Lipinski definition) is 1. The molecule has 1 aromatic rings. The molecule has 3 heteroatoms. The van der Waals surface area contributed by atoms with E-state index in [1.54, 1.807) is 11.1 Å². The van der Waals surface area contributed by atoms with Gasteiger partial charge in [0.2, 0.25) is 0 Å². The molecule has 3 nitrogen and oxygen atoms in total. The molecule has 3 rings (SSSR count). The van der Waals surface area contributed by atoms with Gasteiger partial charge in [0.15, 0.2) is 0 Å². The fourth-order valence-corrected chi connectivity index (χ4v) is 3.85. The van der Waals surface area contributed by atoms with E-state index < -0.39 is 0 Å². The van der Waals surface area contributed by atoms with Crippen LogP contribution in [0.25, 0.3) is 0 Å². The molecular formula is C17H24N2O. The van der Waals surface area contributed by atoms with Gasteiger partial charge < -0.3 is 10.2 Å². The van der Waals surface area contributed by atoms with Crippen molar-refractivity contribution in [2.75, 3.05) is 19.6 Å². The lowest BCUT2D eigenvalue weighted by Gasteiger charge is -2.35. The predicted octanol–water partition coefficient (Wildman–Crippen LogP) is 3.16. The van der Waals surface area contributed by atoms with Gasteiger partial charge in [-0.3, -0.25) is 0 Å². The third-order valence-corrected chi connectivity index (χ3v) is 4.90. The number of hydrogen-bond donors (Lipinski definition) is 1. The molecule has 1 N–H and O–H groups in total. The van der Waals surface area contributed by atoms with E-state index in [1.165, 1.54) is 12.8 Å². The molecule has 2 amide bonds. The molecule has 0 saturated carbocycles. The van der Waals surface area contributed by atoms with Crippen LogP contribution in [0.1, 0.15) is 43.2 Å². The minimum Gasteiger partial charge on any atom is -0.338 e. The summed E-state index contributed by atoms with van der Waals surface area (Å²) in [6, 6.07) is 9.01. The SMILES string of the molecule is CCNC(=O)N1CCC(C2CCc3ccccc32)CC1. The fraction of sp³-hybridized carbons (Fsp3) is 0.588. The lowest BCUT2D eigenvalue weighted by molar-refractivity contribution is 0.163. The summed E-state index contributed by atoms with van der Waals surface area (Å²) in [6.07, 6.45) is 4.83. The molecule has 1 aliphatic heterocycles. The number of likely N-dealkylation sites (tertiary alicyclic amines) is 1. The first kappa shape index (κ1) is 13.5. The molecule has 1 unspecified atom stereocenters. The molecule has 1 aromatic carbocycles. The van der Waals surface area contributed by atoms with E-state index in [-0.39, 0.29) is 6.03 Å². The lowest BCUT2D eigenvalue weighted by Crippen LogP contribution is -2.45. The number of urea groups is 1. The zero-order valence-electron chi connectivity index (χ0n) is 12.3. The fourth-order valence-electron chi connectivity index (χ4n) is 3.85. The molecule has 0 radical (unpaired) electrons.